The van der Waals surface area contributed by atoms with Crippen LogP contribution in [0.4, 0.5) is 0 Å². The van der Waals surface area contributed by atoms with Crippen LogP contribution in [0.3, 0.4) is 0 Å². The van der Waals surface area contributed by atoms with Gasteiger partial charge in [-0.1, -0.05) is 0 Å². The molecule has 0 aromatic carbocycles. The monoisotopic (exact) mass is 160 g/mol. The Morgan fingerprint density at radius 3 is 1.20 bits per heavy atom. The SMILES string of the molecule is O.[AlH3].[SiH3]P.[Ti]. The molecule has 0 bridgehead atoms. The zero-order chi connectivity index (χ0) is 2.00. The second-order valence-electron chi connectivity index (χ2n) is 0. The van der Waals surface area contributed by atoms with Crippen LogP contribution in [0.15, 0.2) is 0 Å². The molecule has 0 saturated heterocycles. The van der Waals surface area contributed by atoms with Crippen LogP contribution in [0.1, 0.15) is 0 Å². The van der Waals surface area contributed by atoms with Crippen LogP contribution in [0, 0.1) is 0 Å². The second-order valence-corrected chi connectivity index (χ2v) is 0. The van der Waals surface area contributed by atoms with Gasteiger partial charge in [-0.05, 0) is 0 Å². The van der Waals surface area contributed by atoms with E-state index in [0.29, 0.717) is 0 Å². The number of hydrogen-bond donors (Lipinski definition) is 0. The minimum absolute atomic E-state index is 0. The summed E-state index contributed by atoms with van der Waals surface area (Å²) in [4.78, 5) is 0. The summed E-state index contributed by atoms with van der Waals surface area (Å²) >= 11 is 0. The van der Waals surface area contributed by atoms with Crippen molar-refractivity contribution >= 4 is 36.1 Å². The average Bonchev–Trinajstić information content (AvgIpc) is 1.00. The topological polar surface area (TPSA) is 31.5 Å². The van der Waals surface area contributed by atoms with Crippen LogP contribution in [-0.2, 0) is 21.7 Å². The number of hydrogen-bond acceptors (Lipinski definition) is 0. The quantitative estimate of drug-likeness (QED) is 0.269. The van der Waals surface area contributed by atoms with Crippen LogP contribution in [-0.4, -0.2) is 32.7 Å². The van der Waals surface area contributed by atoms with Gasteiger partial charge in [-0.25, -0.2) is 0 Å². The average molecular weight is 160 g/mol. The molecule has 2 N–H and O–H groups in total. The molecule has 1 atom stereocenters. The Hall–Kier alpha value is 1.85. The normalized spacial score (nSPS) is 1.80. The van der Waals surface area contributed by atoms with Crippen molar-refractivity contribution in [2.24, 2.45) is 0 Å². The van der Waals surface area contributed by atoms with Crippen molar-refractivity contribution in [3.05, 3.63) is 0 Å². The molecule has 0 saturated carbocycles. The summed E-state index contributed by atoms with van der Waals surface area (Å²) in [5.41, 5.74) is 0. The van der Waals surface area contributed by atoms with Crippen LogP contribution < -0.4 is 0 Å². The Bertz CT molecular complexity index is 11.6. The summed E-state index contributed by atoms with van der Waals surface area (Å²) in [6, 6.07) is 0. The standard InChI is InChI=1S/Al.H2O.H5PSi.Ti.3H/c;;1-2;;;;/h;1H2;1H2,2H3;;;;. The van der Waals surface area contributed by atoms with Crippen molar-refractivity contribution in [3.8, 4) is 0 Å². The Morgan fingerprint density at radius 2 is 1.20 bits per heavy atom. The minimum Gasteiger partial charge on any atom is -0.412 e. The van der Waals surface area contributed by atoms with Gasteiger partial charge in [0.1, 0.15) is 0 Å². The van der Waals surface area contributed by atoms with E-state index in [4.69, 9.17) is 0 Å². The van der Waals surface area contributed by atoms with E-state index in [1.807, 2.05) is 0 Å². The van der Waals surface area contributed by atoms with E-state index in [1.54, 1.807) is 0 Å². The fraction of sp³-hybridized carbons (Fsp3) is 0. The van der Waals surface area contributed by atoms with Crippen molar-refractivity contribution in [2.45, 2.75) is 0 Å². The Balaban J connectivity index is -0.00000000167. The van der Waals surface area contributed by atoms with E-state index in [0.717, 1.165) is 0 Å². The summed E-state index contributed by atoms with van der Waals surface area (Å²) < 4.78 is 0. The van der Waals surface area contributed by atoms with Gasteiger partial charge in [0.05, 0.1) is 0 Å². The van der Waals surface area contributed by atoms with E-state index in [-0.39, 0.29) is 44.6 Å². The Morgan fingerprint density at radius 1 is 1.20 bits per heavy atom. The third kappa shape index (κ3) is 25.3. The first-order valence-corrected chi connectivity index (χ1v) is 5.20. The summed E-state index contributed by atoms with van der Waals surface area (Å²) in [6.07, 6.45) is 0. The Kier molecular flexibility index (Phi) is 231. The van der Waals surface area contributed by atoms with Gasteiger partial charge in [0, 0.05) is 31.6 Å². The second kappa shape index (κ2) is 40.1. The van der Waals surface area contributed by atoms with Crippen LogP contribution in [0.25, 0.3) is 0 Å². The first-order chi connectivity index (χ1) is 1.00. The van der Waals surface area contributed by atoms with E-state index in [9.17, 15) is 0 Å². The van der Waals surface area contributed by atoms with E-state index in [2.05, 4.69) is 8.79 Å². The van der Waals surface area contributed by atoms with Crippen molar-refractivity contribution < 1.29 is 27.2 Å². The van der Waals surface area contributed by atoms with Crippen molar-refractivity contribution in [2.75, 3.05) is 0 Å². The van der Waals surface area contributed by atoms with Crippen molar-refractivity contribution in [1.29, 1.82) is 0 Å². The molecule has 1 unspecified atom stereocenters. The molecular weight excluding hydrogens is 150 g/mol. The Labute approximate surface area is 63.1 Å². The zero-order valence-corrected chi connectivity index (χ0v) is 7.29. The largest absolute Gasteiger partial charge is 0.412 e. The maximum Gasteiger partial charge on any atom is 0.187 e. The molecule has 0 radical (unpaired) electrons. The zero-order valence-electron chi connectivity index (χ0n) is 2.58. The molecule has 0 aliphatic heterocycles. The molecule has 0 rings (SSSR count). The summed E-state index contributed by atoms with van der Waals surface area (Å²) in [5.74, 6) is 0. The molecule has 0 fully saturated rings. The number of rotatable bonds is 0. The summed E-state index contributed by atoms with van der Waals surface area (Å²) in [5, 5.41) is 0. The molecule has 1 nitrogen and oxygen atoms in total. The maximum absolute atomic E-state index is 2.56. The molecule has 0 aromatic rings. The van der Waals surface area contributed by atoms with Gasteiger partial charge in [-0.3, -0.25) is 0 Å². The van der Waals surface area contributed by atoms with Crippen LogP contribution in [0.2, 0.25) is 0 Å². The van der Waals surface area contributed by atoms with Gasteiger partial charge in [-0.2, -0.15) is 8.79 Å². The first-order valence-electron chi connectivity index (χ1n) is 0.577. The van der Waals surface area contributed by atoms with E-state index in [1.165, 1.54) is 9.91 Å². The minimum atomic E-state index is 0. The molecule has 0 aliphatic carbocycles. The molecule has 0 heterocycles. The predicted octanol–water partition coefficient (Wildman–Crippen LogP) is -2.87. The molecule has 32 valence electrons. The third-order valence-corrected chi connectivity index (χ3v) is 0. The van der Waals surface area contributed by atoms with Crippen LogP contribution >= 0.6 is 8.79 Å². The van der Waals surface area contributed by atoms with Gasteiger partial charge < -0.3 is 5.48 Å². The summed E-state index contributed by atoms with van der Waals surface area (Å²) in [7, 11) is 3.78. The third-order valence-electron chi connectivity index (χ3n) is 0. The predicted molar refractivity (Wildman–Crippen MR) is 33.2 cm³/mol. The fourth-order valence-corrected chi connectivity index (χ4v) is 0. The maximum atomic E-state index is 2.56. The fourth-order valence-electron chi connectivity index (χ4n) is 0. The van der Waals surface area contributed by atoms with Crippen molar-refractivity contribution in [3.63, 3.8) is 0 Å². The first kappa shape index (κ1) is 28.8. The molecule has 0 amide bonds. The van der Waals surface area contributed by atoms with Gasteiger partial charge in [0.2, 0.25) is 0 Å². The molecular formula is H10AlOPSiTi. The van der Waals surface area contributed by atoms with Crippen molar-refractivity contribution in [1.82, 2.24) is 0 Å². The van der Waals surface area contributed by atoms with Gasteiger partial charge in [0.25, 0.3) is 0 Å². The molecule has 5 heteroatoms. The van der Waals surface area contributed by atoms with E-state index < -0.39 is 0 Å². The van der Waals surface area contributed by atoms with Gasteiger partial charge in [-0.15, -0.1) is 0 Å². The van der Waals surface area contributed by atoms with Gasteiger partial charge in [0.15, 0.2) is 17.4 Å². The summed E-state index contributed by atoms with van der Waals surface area (Å²) in [6.45, 7) is 0. The molecule has 0 aliphatic rings. The molecule has 0 spiro atoms. The molecule has 5 heavy (non-hydrogen) atoms. The van der Waals surface area contributed by atoms with Gasteiger partial charge >= 0.3 is 0 Å². The molecule has 0 aromatic heterocycles. The van der Waals surface area contributed by atoms with E-state index >= 15 is 0 Å². The van der Waals surface area contributed by atoms with Crippen LogP contribution in [0.5, 0.6) is 0 Å². The smallest absolute Gasteiger partial charge is 0.187 e.